The largest absolute Gasteiger partial charge is 0.339 e. The first-order chi connectivity index (χ1) is 13.3. The van der Waals surface area contributed by atoms with E-state index in [2.05, 4.69) is 5.10 Å². The Balaban J connectivity index is 1.59. The van der Waals surface area contributed by atoms with E-state index in [-0.39, 0.29) is 5.91 Å². The lowest BCUT2D eigenvalue weighted by atomic mass is 9.98. The summed E-state index contributed by atoms with van der Waals surface area (Å²) in [6, 6.07) is 11.7. The fourth-order valence-electron chi connectivity index (χ4n) is 3.80. The molecule has 0 atom stereocenters. The van der Waals surface area contributed by atoms with Crippen molar-refractivity contribution in [2.24, 2.45) is 12.2 Å². The second kappa shape index (κ2) is 7.03. The summed E-state index contributed by atoms with van der Waals surface area (Å²) >= 11 is 0. The van der Waals surface area contributed by atoms with Gasteiger partial charge in [-0.1, -0.05) is 24.3 Å². The van der Waals surface area contributed by atoms with Gasteiger partial charge < -0.3 is 4.90 Å². The molecule has 1 aliphatic rings. The highest BCUT2D eigenvalue weighted by Crippen LogP contribution is 2.29. The molecule has 0 saturated carbocycles. The van der Waals surface area contributed by atoms with Crippen LogP contribution in [0.25, 0.3) is 21.9 Å². The summed E-state index contributed by atoms with van der Waals surface area (Å²) in [4.78, 5) is 14.6. The summed E-state index contributed by atoms with van der Waals surface area (Å²) in [5.41, 5.74) is 2.70. The van der Waals surface area contributed by atoms with Gasteiger partial charge in [0.2, 0.25) is 10.0 Å². The molecule has 1 fully saturated rings. The molecule has 8 heteroatoms. The van der Waals surface area contributed by atoms with E-state index in [0.29, 0.717) is 31.5 Å². The van der Waals surface area contributed by atoms with Crippen molar-refractivity contribution in [1.29, 1.82) is 0 Å². The van der Waals surface area contributed by atoms with Gasteiger partial charge in [0.05, 0.1) is 11.4 Å². The molecule has 0 spiro atoms. The number of rotatable bonds is 3. The minimum Gasteiger partial charge on any atom is -0.339 e. The quantitative estimate of drug-likeness (QED) is 0.731. The predicted octanol–water partition coefficient (Wildman–Crippen LogP) is 2.13. The van der Waals surface area contributed by atoms with Crippen LogP contribution in [0, 0.1) is 0 Å². The number of nitrogens with zero attached hydrogens (tertiary/aromatic N) is 3. The minimum atomic E-state index is -3.54. The minimum absolute atomic E-state index is 0.0819. The number of hydrogen-bond donors (Lipinski definition) is 1. The molecule has 0 aliphatic carbocycles. The molecule has 1 aliphatic heterocycles. The number of amides is 1. The molecule has 0 radical (unpaired) electrons. The lowest BCUT2D eigenvalue weighted by Gasteiger charge is -2.31. The summed E-state index contributed by atoms with van der Waals surface area (Å²) in [6.45, 7) is 0.793. The number of fused-ring (bicyclic) bond motifs is 1. The topological polar surface area (TPSA) is 98.3 Å². The van der Waals surface area contributed by atoms with Gasteiger partial charge in [0.25, 0.3) is 5.91 Å². The highest BCUT2D eigenvalue weighted by Gasteiger charge is 2.29. The van der Waals surface area contributed by atoms with Gasteiger partial charge in [0.15, 0.2) is 0 Å². The van der Waals surface area contributed by atoms with Gasteiger partial charge in [0, 0.05) is 37.5 Å². The zero-order valence-electron chi connectivity index (χ0n) is 15.6. The molecule has 28 heavy (non-hydrogen) atoms. The second-order valence-corrected chi connectivity index (χ2v) is 9.07. The second-order valence-electron chi connectivity index (χ2n) is 7.22. The Morgan fingerprint density at radius 3 is 2.57 bits per heavy atom. The first-order valence-electron chi connectivity index (χ1n) is 9.15. The summed E-state index contributed by atoms with van der Waals surface area (Å²) < 4.78 is 24.8. The van der Waals surface area contributed by atoms with E-state index in [1.807, 2.05) is 55.8 Å². The lowest BCUT2D eigenvalue weighted by Crippen LogP contribution is -2.44. The maximum atomic E-state index is 12.9. The number of benzene rings is 2. The Morgan fingerprint density at radius 2 is 1.93 bits per heavy atom. The highest BCUT2D eigenvalue weighted by atomic mass is 32.2. The van der Waals surface area contributed by atoms with Gasteiger partial charge in [-0.25, -0.2) is 13.6 Å². The Morgan fingerprint density at radius 1 is 1.18 bits per heavy atom. The summed E-state index contributed by atoms with van der Waals surface area (Å²) in [5.74, 6) is -0.0819. The van der Waals surface area contributed by atoms with Crippen molar-refractivity contribution in [3.05, 3.63) is 54.4 Å². The van der Waals surface area contributed by atoms with Crippen molar-refractivity contribution in [2.75, 3.05) is 13.1 Å². The third kappa shape index (κ3) is 3.53. The fourth-order valence-corrected chi connectivity index (χ4v) is 4.67. The van der Waals surface area contributed by atoms with E-state index >= 15 is 0 Å². The Labute approximate surface area is 163 Å². The average molecular weight is 398 g/mol. The number of likely N-dealkylation sites (tertiary alicyclic amines) is 1. The number of aromatic nitrogens is 2. The van der Waals surface area contributed by atoms with Crippen LogP contribution < -0.4 is 5.14 Å². The van der Waals surface area contributed by atoms with E-state index in [9.17, 15) is 13.2 Å². The number of nitrogens with two attached hydrogens (primary N) is 1. The van der Waals surface area contributed by atoms with Crippen molar-refractivity contribution in [3.8, 4) is 11.1 Å². The maximum absolute atomic E-state index is 12.9. The smallest absolute Gasteiger partial charge is 0.253 e. The zero-order chi connectivity index (χ0) is 19.9. The Bertz CT molecular complexity index is 1150. The normalized spacial score (nSPS) is 15.9. The number of carbonyl (C=O) groups is 1. The molecule has 7 nitrogen and oxygen atoms in total. The van der Waals surface area contributed by atoms with Crippen LogP contribution in [-0.2, 0) is 17.1 Å². The van der Waals surface area contributed by atoms with Gasteiger partial charge in [-0.05, 0) is 41.3 Å². The molecular formula is C20H22N4O3S. The van der Waals surface area contributed by atoms with E-state index in [1.165, 1.54) is 0 Å². The molecule has 3 aromatic rings. The molecule has 2 aromatic carbocycles. The summed E-state index contributed by atoms with van der Waals surface area (Å²) in [7, 11) is -1.66. The summed E-state index contributed by atoms with van der Waals surface area (Å²) in [6.07, 6.45) is 4.54. The van der Waals surface area contributed by atoms with Crippen LogP contribution in [0.4, 0.5) is 0 Å². The predicted molar refractivity (Wildman–Crippen MR) is 108 cm³/mol. The van der Waals surface area contributed by atoms with Gasteiger partial charge in [0.1, 0.15) is 0 Å². The average Bonchev–Trinajstić information content (AvgIpc) is 3.12. The highest BCUT2D eigenvalue weighted by molar-refractivity contribution is 7.89. The fraction of sp³-hybridized carbons (Fsp3) is 0.300. The summed E-state index contributed by atoms with van der Waals surface area (Å²) in [5, 5.41) is 10.9. The number of aryl methyl sites for hydroxylation is 1. The molecule has 0 bridgehead atoms. The van der Waals surface area contributed by atoms with E-state index in [4.69, 9.17) is 5.14 Å². The van der Waals surface area contributed by atoms with Crippen molar-refractivity contribution in [3.63, 3.8) is 0 Å². The van der Waals surface area contributed by atoms with Crippen molar-refractivity contribution >= 4 is 26.7 Å². The molecule has 1 saturated heterocycles. The van der Waals surface area contributed by atoms with Crippen LogP contribution in [0.1, 0.15) is 23.2 Å². The number of carbonyl (C=O) groups excluding carboxylic acids is 1. The van der Waals surface area contributed by atoms with E-state index < -0.39 is 15.3 Å². The standard InChI is InChI=1S/C20H22N4O3S/c1-23-13-16(12-22-23)18-4-2-3-14-11-15(5-6-19(14)18)20(25)24-9-7-17(8-10-24)28(21,26)27/h2-6,11-13,17H,7-10H2,1H3,(H2,21,26,27). The van der Waals surface area contributed by atoms with E-state index in [1.54, 1.807) is 9.58 Å². The first kappa shape index (κ1) is 18.6. The van der Waals surface area contributed by atoms with Crippen LogP contribution in [0.5, 0.6) is 0 Å². The number of piperidine rings is 1. The maximum Gasteiger partial charge on any atom is 0.253 e. The Hall–Kier alpha value is -2.71. The molecule has 1 amide bonds. The monoisotopic (exact) mass is 398 g/mol. The van der Waals surface area contributed by atoms with Gasteiger partial charge in [-0.2, -0.15) is 5.10 Å². The van der Waals surface area contributed by atoms with Gasteiger partial charge in [-0.15, -0.1) is 0 Å². The van der Waals surface area contributed by atoms with Crippen LogP contribution >= 0.6 is 0 Å². The molecular weight excluding hydrogens is 376 g/mol. The van der Waals surface area contributed by atoms with Crippen molar-refractivity contribution < 1.29 is 13.2 Å². The van der Waals surface area contributed by atoms with Crippen molar-refractivity contribution in [2.45, 2.75) is 18.1 Å². The third-order valence-electron chi connectivity index (χ3n) is 5.34. The molecule has 4 rings (SSSR count). The lowest BCUT2D eigenvalue weighted by molar-refractivity contribution is 0.0726. The molecule has 0 unspecified atom stereocenters. The van der Waals surface area contributed by atoms with Crippen LogP contribution in [0.15, 0.2) is 48.8 Å². The van der Waals surface area contributed by atoms with Crippen LogP contribution in [0.3, 0.4) is 0 Å². The van der Waals surface area contributed by atoms with Gasteiger partial charge in [-0.3, -0.25) is 9.48 Å². The molecule has 2 heterocycles. The molecule has 1 aromatic heterocycles. The SMILES string of the molecule is Cn1cc(-c2cccc3cc(C(=O)N4CCC(S(N)(=O)=O)CC4)ccc23)cn1. The molecule has 2 N–H and O–H groups in total. The zero-order valence-corrected chi connectivity index (χ0v) is 16.4. The Kier molecular flexibility index (Phi) is 4.68. The number of sulfonamides is 1. The number of primary sulfonamides is 1. The number of hydrogen-bond acceptors (Lipinski definition) is 4. The first-order valence-corrected chi connectivity index (χ1v) is 10.8. The van der Waals surface area contributed by atoms with Crippen molar-refractivity contribution in [1.82, 2.24) is 14.7 Å². The third-order valence-corrected chi connectivity index (χ3v) is 6.74. The van der Waals surface area contributed by atoms with Crippen LogP contribution in [0.2, 0.25) is 0 Å². The van der Waals surface area contributed by atoms with Crippen LogP contribution in [-0.4, -0.2) is 47.3 Å². The van der Waals surface area contributed by atoms with E-state index in [0.717, 1.165) is 21.9 Å². The van der Waals surface area contributed by atoms with Gasteiger partial charge >= 0.3 is 0 Å². The molecule has 146 valence electrons.